The Bertz CT molecular complexity index is 642. The topological polar surface area (TPSA) is 118 Å². The fourth-order valence-electron chi connectivity index (χ4n) is 1.69. The van der Waals surface area contributed by atoms with Crippen LogP contribution in [0, 0.1) is 0 Å². The zero-order chi connectivity index (χ0) is 16.2. The van der Waals surface area contributed by atoms with E-state index < -0.39 is 27.0 Å². The molecule has 0 fully saturated rings. The molecule has 1 aromatic carbocycles. The SMILES string of the molecule is CC(C(=O)N(CCC(=O)O)c1ccccc1N)S(C)(=O)=O. The number of benzene rings is 1. The van der Waals surface area contributed by atoms with Crippen LogP contribution >= 0.6 is 0 Å². The molecular weight excluding hydrogens is 296 g/mol. The van der Waals surface area contributed by atoms with Gasteiger partial charge in [0.2, 0.25) is 5.91 Å². The number of aliphatic carboxylic acids is 1. The fourth-order valence-corrected chi connectivity index (χ4v) is 2.19. The number of nitrogen functional groups attached to an aromatic ring is 1. The lowest BCUT2D eigenvalue weighted by Gasteiger charge is -2.26. The van der Waals surface area contributed by atoms with Gasteiger partial charge in [0.05, 0.1) is 17.8 Å². The molecule has 1 rings (SSSR count). The van der Waals surface area contributed by atoms with Gasteiger partial charge in [0, 0.05) is 12.8 Å². The van der Waals surface area contributed by atoms with E-state index in [0.29, 0.717) is 5.69 Å². The van der Waals surface area contributed by atoms with E-state index in [-0.39, 0.29) is 18.7 Å². The molecule has 1 aromatic rings. The summed E-state index contributed by atoms with van der Waals surface area (Å²) in [4.78, 5) is 24.2. The number of rotatable bonds is 6. The van der Waals surface area contributed by atoms with E-state index in [9.17, 15) is 18.0 Å². The van der Waals surface area contributed by atoms with Crippen molar-refractivity contribution in [3.8, 4) is 0 Å². The third-order valence-corrected chi connectivity index (χ3v) is 4.52. The number of hydrogen-bond donors (Lipinski definition) is 2. The Hall–Kier alpha value is -2.09. The van der Waals surface area contributed by atoms with Crippen molar-refractivity contribution in [1.82, 2.24) is 0 Å². The summed E-state index contributed by atoms with van der Waals surface area (Å²) in [7, 11) is -3.59. The molecule has 0 bridgehead atoms. The number of anilines is 2. The second kappa shape index (κ2) is 6.57. The van der Waals surface area contributed by atoms with Crippen molar-refractivity contribution in [2.75, 3.05) is 23.4 Å². The standard InChI is InChI=1S/C13H18N2O5S/c1-9(21(2,19)20)13(18)15(8-7-12(16)17)11-6-4-3-5-10(11)14/h3-6,9H,7-8,14H2,1-2H3,(H,16,17). The van der Waals surface area contributed by atoms with Crippen LogP contribution in [0.25, 0.3) is 0 Å². The Kier molecular flexibility index (Phi) is 5.31. The molecule has 7 nitrogen and oxygen atoms in total. The molecular formula is C13H18N2O5S. The van der Waals surface area contributed by atoms with Crippen LogP contribution in [0.4, 0.5) is 11.4 Å². The zero-order valence-electron chi connectivity index (χ0n) is 11.8. The molecule has 0 saturated carbocycles. The van der Waals surface area contributed by atoms with Gasteiger partial charge in [0.25, 0.3) is 0 Å². The summed E-state index contributed by atoms with van der Waals surface area (Å²) in [6, 6.07) is 6.40. The molecule has 0 aliphatic rings. The molecule has 1 amide bonds. The summed E-state index contributed by atoms with van der Waals surface area (Å²) in [5.74, 6) is -1.79. The van der Waals surface area contributed by atoms with E-state index in [4.69, 9.17) is 10.8 Å². The van der Waals surface area contributed by atoms with Gasteiger partial charge >= 0.3 is 5.97 Å². The van der Waals surface area contributed by atoms with Crippen LogP contribution < -0.4 is 10.6 Å². The highest BCUT2D eigenvalue weighted by atomic mass is 32.2. The fraction of sp³-hybridized carbons (Fsp3) is 0.385. The van der Waals surface area contributed by atoms with E-state index in [1.54, 1.807) is 24.3 Å². The van der Waals surface area contributed by atoms with Crippen molar-refractivity contribution in [2.45, 2.75) is 18.6 Å². The molecule has 8 heteroatoms. The molecule has 0 aromatic heterocycles. The third kappa shape index (κ3) is 4.45. The Morgan fingerprint density at radius 1 is 1.33 bits per heavy atom. The van der Waals surface area contributed by atoms with Crippen molar-refractivity contribution in [3.05, 3.63) is 24.3 Å². The van der Waals surface area contributed by atoms with E-state index in [1.165, 1.54) is 6.92 Å². The maximum atomic E-state index is 12.4. The van der Waals surface area contributed by atoms with Crippen molar-refractivity contribution in [1.29, 1.82) is 0 Å². The Balaban J connectivity index is 3.17. The summed E-state index contributed by atoms with van der Waals surface area (Å²) < 4.78 is 23.1. The van der Waals surface area contributed by atoms with Crippen LogP contribution in [0.3, 0.4) is 0 Å². The molecule has 0 aliphatic carbocycles. The number of carboxylic acid groups (broad SMARTS) is 1. The zero-order valence-corrected chi connectivity index (χ0v) is 12.6. The number of amides is 1. The monoisotopic (exact) mass is 314 g/mol. The van der Waals surface area contributed by atoms with Gasteiger partial charge in [-0.3, -0.25) is 9.59 Å². The summed E-state index contributed by atoms with van der Waals surface area (Å²) in [5.41, 5.74) is 6.36. The molecule has 0 saturated heterocycles. The minimum Gasteiger partial charge on any atom is -0.481 e. The van der Waals surface area contributed by atoms with Crippen LogP contribution in [-0.4, -0.2) is 43.5 Å². The highest BCUT2D eigenvalue weighted by molar-refractivity contribution is 7.92. The van der Waals surface area contributed by atoms with Crippen molar-refractivity contribution >= 4 is 33.1 Å². The second-order valence-electron chi connectivity index (χ2n) is 4.66. The lowest BCUT2D eigenvalue weighted by molar-refractivity contribution is -0.136. The number of sulfone groups is 1. The predicted octanol–water partition coefficient (Wildman–Crippen LogP) is 0.510. The highest BCUT2D eigenvalue weighted by Gasteiger charge is 2.30. The molecule has 116 valence electrons. The number of nitrogens with two attached hydrogens (primary N) is 1. The van der Waals surface area contributed by atoms with Crippen LogP contribution in [0.15, 0.2) is 24.3 Å². The first-order chi connectivity index (χ1) is 9.64. The van der Waals surface area contributed by atoms with Gasteiger partial charge in [-0.25, -0.2) is 8.42 Å². The quantitative estimate of drug-likeness (QED) is 0.739. The number of carboxylic acids is 1. The summed E-state index contributed by atoms with van der Waals surface area (Å²) >= 11 is 0. The molecule has 21 heavy (non-hydrogen) atoms. The third-order valence-electron chi connectivity index (χ3n) is 3.03. The number of carbonyl (C=O) groups is 2. The average Bonchev–Trinajstić information content (AvgIpc) is 2.38. The first kappa shape index (κ1) is 17.0. The van der Waals surface area contributed by atoms with Crippen molar-refractivity contribution < 1.29 is 23.1 Å². The van der Waals surface area contributed by atoms with E-state index >= 15 is 0 Å². The van der Waals surface area contributed by atoms with Crippen LogP contribution in [0.5, 0.6) is 0 Å². The van der Waals surface area contributed by atoms with Crippen molar-refractivity contribution in [3.63, 3.8) is 0 Å². The van der Waals surface area contributed by atoms with Crippen LogP contribution in [0.1, 0.15) is 13.3 Å². The maximum absolute atomic E-state index is 12.4. The van der Waals surface area contributed by atoms with Gasteiger partial charge in [0.1, 0.15) is 5.25 Å². The lowest BCUT2D eigenvalue weighted by Crippen LogP contribution is -2.42. The highest BCUT2D eigenvalue weighted by Crippen LogP contribution is 2.24. The molecule has 1 atom stereocenters. The smallest absolute Gasteiger partial charge is 0.305 e. The van der Waals surface area contributed by atoms with Gasteiger partial charge in [0.15, 0.2) is 9.84 Å². The largest absolute Gasteiger partial charge is 0.481 e. The van der Waals surface area contributed by atoms with Gasteiger partial charge in [-0.1, -0.05) is 12.1 Å². The Morgan fingerprint density at radius 2 is 1.90 bits per heavy atom. The maximum Gasteiger partial charge on any atom is 0.305 e. The minimum absolute atomic E-state index is 0.151. The van der Waals surface area contributed by atoms with Crippen LogP contribution in [-0.2, 0) is 19.4 Å². The predicted molar refractivity (Wildman–Crippen MR) is 79.8 cm³/mol. The summed E-state index contributed by atoms with van der Waals surface area (Å²) in [6.45, 7) is 1.12. The lowest BCUT2D eigenvalue weighted by atomic mass is 10.2. The molecule has 3 N–H and O–H groups in total. The molecule has 1 unspecified atom stereocenters. The molecule has 0 heterocycles. The first-order valence-electron chi connectivity index (χ1n) is 6.21. The van der Waals surface area contributed by atoms with Crippen molar-refractivity contribution in [2.24, 2.45) is 0 Å². The van der Waals surface area contributed by atoms with Gasteiger partial charge < -0.3 is 15.7 Å². The van der Waals surface area contributed by atoms with Gasteiger partial charge in [-0.2, -0.15) is 0 Å². The Morgan fingerprint density at radius 3 is 2.38 bits per heavy atom. The average molecular weight is 314 g/mol. The number of nitrogens with zero attached hydrogens (tertiary/aromatic N) is 1. The second-order valence-corrected chi connectivity index (χ2v) is 7.03. The number of carbonyl (C=O) groups excluding carboxylic acids is 1. The van der Waals surface area contributed by atoms with E-state index in [0.717, 1.165) is 11.2 Å². The van der Waals surface area contributed by atoms with E-state index in [1.807, 2.05) is 0 Å². The first-order valence-corrected chi connectivity index (χ1v) is 8.16. The molecule has 0 aliphatic heterocycles. The molecule has 0 radical (unpaired) electrons. The minimum atomic E-state index is -3.59. The molecule has 0 spiro atoms. The number of para-hydroxylation sites is 2. The summed E-state index contributed by atoms with van der Waals surface area (Å²) in [6.07, 6.45) is 0.649. The van der Waals surface area contributed by atoms with Gasteiger partial charge in [-0.05, 0) is 19.1 Å². The summed E-state index contributed by atoms with van der Waals surface area (Å²) in [5, 5.41) is 7.50. The van der Waals surface area contributed by atoms with E-state index in [2.05, 4.69) is 0 Å². The normalized spacial score (nSPS) is 12.7. The number of hydrogen-bond acceptors (Lipinski definition) is 5. The van der Waals surface area contributed by atoms with Crippen LogP contribution in [0.2, 0.25) is 0 Å². The Labute approximate surface area is 123 Å². The van der Waals surface area contributed by atoms with Gasteiger partial charge in [-0.15, -0.1) is 0 Å².